The second-order valence-electron chi connectivity index (χ2n) is 8.14. The van der Waals surface area contributed by atoms with Crippen LogP contribution in [0.4, 0.5) is 5.82 Å². The zero-order chi connectivity index (χ0) is 24.6. The third-order valence-corrected chi connectivity index (χ3v) is 5.68. The molecule has 2 aromatic heterocycles. The number of benzene rings is 1. The van der Waals surface area contributed by atoms with E-state index in [-0.39, 0.29) is 35.4 Å². The number of hydrogen-bond acceptors (Lipinski definition) is 10. The first-order chi connectivity index (χ1) is 16.2. The Labute approximate surface area is 194 Å². The molecule has 1 aromatic carbocycles. The first-order valence-corrected chi connectivity index (χ1v) is 10.6. The Hall–Kier alpha value is -3.58. The van der Waals surface area contributed by atoms with E-state index in [4.69, 9.17) is 26.7 Å². The fourth-order valence-electron chi connectivity index (χ4n) is 3.99. The van der Waals surface area contributed by atoms with Crippen LogP contribution < -0.4 is 17.2 Å². The number of amides is 1. The number of carbonyl (C=O) groups is 2. The number of rotatable bonds is 7. The molecule has 1 aliphatic heterocycles. The van der Waals surface area contributed by atoms with Crippen molar-refractivity contribution in [2.24, 2.45) is 11.5 Å². The molecule has 0 bridgehead atoms. The monoisotopic (exact) mass is 470 g/mol. The molecule has 1 saturated heterocycles. The second-order valence-corrected chi connectivity index (χ2v) is 8.14. The molecule has 5 atom stereocenters. The van der Waals surface area contributed by atoms with E-state index in [1.54, 1.807) is 6.92 Å². The Morgan fingerprint density at radius 3 is 2.59 bits per heavy atom. The summed E-state index contributed by atoms with van der Waals surface area (Å²) in [7, 11) is 0. The molecule has 3 aromatic rings. The van der Waals surface area contributed by atoms with Gasteiger partial charge in [-0.15, -0.1) is 0 Å². The Kier molecular flexibility index (Phi) is 6.48. The fourth-order valence-corrected chi connectivity index (χ4v) is 3.99. The molecular formula is C22H26N6O6. The van der Waals surface area contributed by atoms with Gasteiger partial charge in [0.15, 0.2) is 6.23 Å². The van der Waals surface area contributed by atoms with Crippen molar-refractivity contribution in [3.8, 4) is 0 Å². The highest BCUT2D eigenvalue weighted by Gasteiger charge is 2.45. The number of esters is 1. The van der Waals surface area contributed by atoms with Crippen LogP contribution in [0.2, 0.25) is 0 Å². The minimum absolute atomic E-state index is 0.0413. The average Bonchev–Trinajstić information content (AvgIpc) is 3.31. The van der Waals surface area contributed by atoms with Crippen LogP contribution in [-0.4, -0.2) is 67.6 Å². The SMILES string of the molecule is Cc1nc(N)c2c(C(N)=O)cn(C3O[C@H](COC(=O)[C@@H](N)Cc4ccccc4)[C@@H](O)[C@H]3O)c2n1. The highest BCUT2D eigenvalue weighted by Crippen LogP contribution is 2.35. The summed E-state index contributed by atoms with van der Waals surface area (Å²) in [5, 5.41) is 21.4. The maximum Gasteiger partial charge on any atom is 0.323 e. The van der Waals surface area contributed by atoms with Gasteiger partial charge in [-0.25, -0.2) is 9.97 Å². The van der Waals surface area contributed by atoms with E-state index in [2.05, 4.69) is 9.97 Å². The molecule has 180 valence electrons. The first-order valence-electron chi connectivity index (χ1n) is 10.6. The van der Waals surface area contributed by atoms with Crippen molar-refractivity contribution in [3.05, 3.63) is 53.5 Å². The lowest BCUT2D eigenvalue weighted by molar-refractivity contribution is -0.151. The lowest BCUT2D eigenvalue weighted by Crippen LogP contribution is -2.38. The van der Waals surface area contributed by atoms with Gasteiger partial charge in [0.25, 0.3) is 5.91 Å². The van der Waals surface area contributed by atoms with E-state index in [1.165, 1.54) is 10.8 Å². The van der Waals surface area contributed by atoms with Crippen molar-refractivity contribution >= 4 is 28.7 Å². The number of primary amides is 1. The summed E-state index contributed by atoms with van der Waals surface area (Å²) in [5.74, 6) is -1.07. The largest absolute Gasteiger partial charge is 0.462 e. The Morgan fingerprint density at radius 1 is 1.21 bits per heavy atom. The summed E-state index contributed by atoms with van der Waals surface area (Å²) >= 11 is 0. The molecule has 12 heteroatoms. The summed E-state index contributed by atoms with van der Waals surface area (Å²) in [5.41, 5.74) is 18.5. The van der Waals surface area contributed by atoms with Crippen LogP contribution in [0.3, 0.4) is 0 Å². The van der Waals surface area contributed by atoms with Crippen LogP contribution >= 0.6 is 0 Å². The van der Waals surface area contributed by atoms with Crippen molar-refractivity contribution in [1.29, 1.82) is 0 Å². The van der Waals surface area contributed by atoms with Crippen LogP contribution in [0.25, 0.3) is 11.0 Å². The zero-order valence-corrected chi connectivity index (χ0v) is 18.4. The lowest BCUT2D eigenvalue weighted by Gasteiger charge is -2.18. The average molecular weight is 470 g/mol. The number of anilines is 1. The molecule has 0 radical (unpaired) electrons. The van der Waals surface area contributed by atoms with Crippen LogP contribution in [0.1, 0.15) is 28.0 Å². The number of aromatic nitrogens is 3. The molecule has 34 heavy (non-hydrogen) atoms. The fraction of sp³-hybridized carbons (Fsp3) is 0.364. The number of ether oxygens (including phenoxy) is 2. The molecule has 3 heterocycles. The normalized spacial score (nSPS) is 23.2. The van der Waals surface area contributed by atoms with Gasteiger partial charge in [0.1, 0.15) is 48.3 Å². The summed E-state index contributed by atoms with van der Waals surface area (Å²) < 4.78 is 12.4. The summed E-state index contributed by atoms with van der Waals surface area (Å²) in [6.07, 6.45) is -3.40. The van der Waals surface area contributed by atoms with Gasteiger partial charge in [-0.2, -0.15) is 0 Å². The molecule has 1 amide bonds. The number of hydrogen-bond donors (Lipinski definition) is 5. The predicted molar refractivity (Wildman–Crippen MR) is 120 cm³/mol. The first kappa shape index (κ1) is 23.6. The molecule has 12 nitrogen and oxygen atoms in total. The number of aliphatic hydroxyl groups excluding tert-OH is 2. The highest BCUT2D eigenvalue weighted by atomic mass is 16.6. The molecule has 8 N–H and O–H groups in total. The van der Waals surface area contributed by atoms with Crippen molar-refractivity contribution in [2.75, 3.05) is 12.3 Å². The Balaban J connectivity index is 1.50. The smallest absolute Gasteiger partial charge is 0.323 e. The second kappa shape index (κ2) is 9.35. The lowest BCUT2D eigenvalue weighted by atomic mass is 10.1. The number of fused-ring (bicyclic) bond motifs is 1. The van der Waals surface area contributed by atoms with E-state index in [1.807, 2.05) is 30.3 Å². The number of carbonyl (C=O) groups excluding carboxylic acids is 2. The topological polar surface area (TPSA) is 202 Å². The Bertz CT molecular complexity index is 1220. The van der Waals surface area contributed by atoms with E-state index in [0.29, 0.717) is 5.82 Å². The van der Waals surface area contributed by atoms with Gasteiger partial charge in [0, 0.05) is 6.20 Å². The minimum Gasteiger partial charge on any atom is -0.462 e. The zero-order valence-electron chi connectivity index (χ0n) is 18.4. The van der Waals surface area contributed by atoms with Gasteiger partial charge in [-0.1, -0.05) is 30.3 Å². The standard InChI is InChI=1S/C22H26N6O6/c1-10-26-18(24)15-12(19(25)31)8-28(20(15)27-10)21-17(30)16(29)14(34-21)9-33-22(32)13(23)7-11-5-3-2-4-6-11/h2-6,8,13-14,16-17,21,29-30H,7,9,23H2,1H3,(H2,25,31)(H2,24,26,27)/t13-,14+,16+,17+,21?/m0/s1. The third kappa shape index (κ3) is 4.43. The van der Waals surface area contributed by atoms with Crippen molar-refractivity contribution in [2.45, 2.75) is 43.9 Å². The molecule has 0 spiro atoms. The number of nitrogens with two attached hydrogens (primary N) is 3. The molecule has 4 rings (SSSR count). The quantitative estimate of drug-likeness (QED) is 0.271. The summed E-state index contributed by atoms with van der Waals surface area (Å²) in [4.78, 5) is 32.6. The molecule has 1 fully saturated rings. The maximum atomic E-state index is 12.3. The van der Waals surface area contributed by atoms with Gasteiger partial charge >= 0.3 is 5.97 Å². The molecule has 0 saturated carbocycles. The van der Waals surface area contributed by atoms with Gasteiger partial charge in [0.05, 0.1) is 10.9 Å². The number of nitrogens with zero attached hydrogens (tertiary/aromatic N) is 3. The van der Waals surface area contributed by atoms with Gasteiger partial charge < -0.3 is 41.5 Å². The predicted octanol–water partition coefficient (Wildman–Crippen LogP) is -0.847. The minimum atomic E-state index is -1.42. The number of aliphatic hydroxyl groups is 2. The summed E-state index contributed by atoms with van der Waals surface area (Å²) in [6, 6.07) is 8.32. The van der Waals surface area contributed by atoms with Gasteiger partial charge in [-0.3, -0.25) is 9.59 Å². The highest BCUT2D eigenvalue weighted by molar-refractivity contribution is 6.08. The van der Waals surface area contributed by atoms with Crippen LogP contribution in [-0.2, 0) is 20.7 Å². The molecular weight excluding hydrogens is 444 g/mol. The van der Waals surface area contributed by atoms with Crippen LogP contribution in [0.15, 0.2) is 36.5 Å². The van der Waals surface area contributed by atoms with E-state index in [0.717, 1.165) is 5.56 Å². The van der Waals surface area contributed by atoms with Gasteiger partial charge in [-0.05, 0) is 18.9 Å². The van der Waals surface area contributed by atoms with Gasteiger partial charge in [0.2, 0.25) is 0 Å². The van der Waals surface area contributed by atoms with Crippen LogP contribution in [0.5, 0.6) is 0 Å². The summed E-state index contributed by atoms with van der Waals surface area (Å²) in [6.45, 7) is 1.27. The number of aryl methyl sites for hydroxylation is 1. The van der Waals surface area contributed by atoms with Crippen LogP contribution in [0, 0.1) is 6.92 Å². The number of nitrogen functional groups attached to an aromatic ring is 1. The van der Waals surface area contributed by atoms with Crippen molar-refractivity contribution < 1.29 is 29.3 Å². The molecule has 1 aliphatic rings. The van der Waals surface area contributed by atoms with E-state index >= 15 is 0 Å². The van der Waals surface area contributed by atoms with E-state index in [9.17, 15) is 19.8 Å². The Morgan fingerprint density at radius 2 is 1.91 bits per heavy atom. The molecule has 1 unspecified atom stereocenters. The van der Waals surface area contributed by atoms with E-state index < -0.39 is 42.5 Å². The third-order valence-electron chi connectivity index (χ3n) is 5.68. The van der Waals surface area contributed by atoms with Crippen molar-refractivity contribution in [3.63, 3.8) is 0 Å². The molecule has 0 aliphatic carbocycles. The maximum absolute atomic E-state index is 12.3. The van der Waals surface area contributed by atoms with Crippen molar-refractivity contribution in [1.82, 2.24) is 14.5 Å².